The van der Waals surface area contributed by atoms with Crippen LogP contribution in [0.1, 0.15) is 35.3 Å². The number of aryl methyl sites for hydroxylation is 2. The first-order valence-electron chi connectivity index (χ1n) is 8.61. The number of carbonyl (C=O) groups excluding carboxylic acids is 2. The van der Waals surface area contributed by atoms with Gasteiger partial charge in [0.05, 0.1) is 12.2 Å². The van der Waals surface area contributed by atoms with Gasteiger partial charge >= 0.3 is 5.97 Å². The average Bonchev–Trinajstić information content (AvgIpc) is 2.57. The van der Waals surface area contributed by atoms with Gasteiger partial charge in [0.2, 0.25) is 0 Å². The van der Waals surface area contributed by atoms with E-state index in [-0.39, 0.29) is 12.5 Å². The zero-order chi connectivity index (χ0) is 19.1. The standard InChI is InChI=1S/C21H25NO4/c1-14(2)12-25-19-7-5-17(6-8-19)21(24)26-13-20(23)22-18-10-15(3)9-16(4)11-18/h5-11,14H,12-13H2,1-4H3,(H,22,23). The molecule has 0 unspecified atom stereocenters. The first-order chi connectivity index (χ1) is 12.3. The van der Waals surface area contributed by atoms with Crippen molar-refractivity contribution in [1.82, 2.24) is 0 Å². The Morgan fingerprint density at radius 2 is 1.62 bits per heavy atom. The van der Waals surface area contributed by atoms with E-state index in [0.717, 1.165) is 11.1 Å². The van der Waals surface area contributed by atoms with Crippen molar-refractivity contribution in [2.45, 2.75) is 27.7 Å². The highest BCUT2D eigenvalue weighted by atomic mass is 16.5. The second-order valence-corrected chi connectivity index (χ2v) is 6.73. The Morgan fingerprint density at radius 1 is 1.00 bits per heavy atom. The predicted molar refractivity (Wildman–Crippen MR) is 102 cm³/mol. The van der Waals surface area contributed by atoms with Crippen LogP contribution in [0.3, 0.4) is 0 Å². The van der Waals surface area contributed by atoms with E-state index in [9.17, 15) is 9.59 Å². The molecule has 1 N–H and O–H groups in total. The topological polar surface area (TPSA) is 64.6 Å². The highest BCUT2D eigenvalue weighted by Crippen LogP contribution is 2.15. The fourth-order valence-corrected chi connectivity index (χ4v) is 2.41. The molecule has 138 valence electrons. The first kappa shape index (κ1) is 19.5. The molecule has 1 amide bonds. The van der Waals surface area contributed by atoms with Gasteiger partial charge in [0.1, 0.15) is 5.75 Å². The van der Waals surface area contributed by atoms with Gasteiger partial charge in [-0.05, 0) is 67.3 Å². The Morgan fingerprint density at radius 3 is 2.19 bits per heavy atom. The summed E-state index contributed by atoms with van der Waals surface area (Å²) in [6.45, 7) is 8.32. The molecule has 0 aromatic heterocycles. The summed E-state index contributed by atoms with van der Waals surface area (Å²) in [7, 11) is 0. The molecule has 5 heteroatoms. The second kappa shape index (κ2) is 9.04. The van der Waals surface area contributed by atoms with Gasteiger partial charge in [-0.1, -0.05) is 19.9 Å². The molecule has 0 aliphatic carbocycles. The average molecular weight is 355 g/mol. The van der Waals surface area contributed by atoms with Crippen molar-refractivity contribution < 1.29 is 19.1 Å². The van der Waals surface area contributed by atoms with E-state index >= 15 is 0 Å². The van der Waals surface area contributed by atoms with Crippen LogP contribution in [0.5, 0.6) is 5.75 Å². The molecular formula is C21H25NO4. The van der Waals surface area contributed by atoms with Crippen molar-refractivity contribution in [3.63, 3.8) is 0 Å². The summed E-state index contributed by atoms with van der Waals surface area (Å²) < 4.78 is 10.6. The summed E-state index contributed by atoms with van der Waals surface area (Å²) in [5.41, 5.74) is 3.17. The summed E-state index contributed by atoms with van der Waals surface area (Å²) in [6.07, 6.45) is 0. The normalized spacial score (nSPS) is 10.5. The molecule has 2 aromatic carbocycles. The van der Waals surface area contributed by atoms with E-state index in [1.165, 1.54) is 0 Å². The minimum absolute atomic E-state index is 0.336. The smallest absolute Gasteiger partial charge is 0.338 e. The molecule has 5 nitrogen and oxygen atoms in total. The maximum atomic E-state index is 12.0. The van der Waals surface area contributed by atoms with Gasteiger partial charge in [-0.3, -0.25) is 4.79 Å². The molecule has 0 radical (unpaired) electrons. The number of hydrogen-bond acceptors (Lipinski definition) is 4. The number of nitrogens with one attached hydrogen (secondary N) is 1. The minimum Gasteiger partial charge on any atom is -0.493 e. The summed E-state index contributed by atoms with van der Waals surface area (Å²) in [4.78, 5) is 24.0. The number of carbonyl (C=O) groups is 2. The van der Waals surface area contributed by atoms with E-state index in [4.69, 9.17) is 9.47 Å². The lowest BCUT2D eigenvalue weighted by Gasteiger charge is -2.10. The molecule has 0 aliphatic heterocycles. The molecule has 0 heterocycles. The largest absolute Gasteiger partial charge is 0.493 e. The van der Waals surface area contributed by atoms with Crippen molar-refractivity contribution in [1.29, 1.82) is 0 Å². The fourth-order valence-electron chi connectivity index (χ4n) is 2.41. The number of anilines is 1. The van der Waals surface area contributed by atoms with Gasteiger partial charge in [-0.15, -0.1) is 0 Å². The van der Waals surface area contributed by atoms with Gasteiger partial charge in [-0.2, -0.15) is 0 Å². The van der Waals surface area contributed by atoms with Crippen molar-refractivity contribution >= 4 is 17.6 Å². The predicted octanol–water partition coefficient (Wildman–Crippen LogP) is 4.13. The van der Waals surface area contributed by atoms with Crippen LogP contribution in [0.2, 0.25) is 0 Å². The Kier molecular flexibility index (Phi) is 6.78. The first-order valence-corrected chi connectivity index (χ1v) is 8.61. The number of amides is 1. The van der Waals surface area contributed by atoms with Crippen LogP contribution in [-0.4, -0.2) is 25.1 Å². The van der Waals surface area contributed by atoms with Crippen molar-refractivity contribution in [3.8, 4) is 5.75 Å². The SMILES string of the molecule is Cc1cc(C)cc(NC(=O)COC(=O)c2ccc(OCC(C)C)cc2)c1. The van der Waals surface area contributed by atoms with Gasteiger partial charge < -0.3 is 14.8 Å². The van der Waals surface area contributed by atoms with Gasteiger partial charge in [0, 0.05) is 5.69 Å². The quantitative estimate of drug-likeness (QED) is 0.758. The minimum atomic E-state index is -0.545. The van der Waals surface area contributed by atoms with Crippen LogP contribution in [0, 0.1) is 19.8 Å². The van der Waals surface area contributed by atoms with Gasteiger partial charge in [-0.25, -0.2) is 4.79 Å². The van der Waals surface area contributed by atoms with Crippen molar-refractivity contribution in [3.05, 3.63) is 59.2 Å². The van der Waals surface area contributed by atoms with Crippen LogP contribution < -0.4 is 10.1 Å². The van der Waals surface area contributed by atoms with E-state index in [1.807, 2.05) is 32.0 Å². The van der Waals surface area contributed by atoms with Crippen molar-refractivity contribution in [2.75, 3.05) is 18.5 Å². The molecule has 2 rings (SSSR count). The Bertz CT molecular complexity index is 746. The summed E-state index contributed by atoms with van der Waals surface area (Å²) >= 11 is 0. The third kappa shape index (κ3) is 6.24. The zero-order valence-electron chi connectivity index (χ0n) is 15.7. The van der Waals surface area contributed by atoms with E-state index in [2.05, 4.69) is 19.2 Å². The summed E-state index contributed by atoms with van der Waals surface area (Å²) in [5.74, 6) is 0.203. The van der Waals surface area contributed by atoms with Crippen molar-refractivity contribution in [2.24, 2.45) is 5.92 Å². The fraction of sp³-hybridized carbons (Fsp3) is 0.333. The van der Waals surface area contributed by atoms with E-state index in [1.54, 1.807) is 24.3 Å². The molecule has 0 fully saturated rings. The number of esters is 1. The van der Waals surface area contributed by atoms with Gasteiger partial charge in [0.25, 0.3) is 5.91 Å². The summed E-state index contributed by atoms with van der Waals surface area (Å²) in [6, 6.07) is 12.4. The van der Waals surface area contributed by atoms with E-state index < -0.39 is 5.97 Å². The number of benzene rings is 2. The zero-order valence-corrected chi connectivity index (χ0v) is 15.7. The Hall–Kier alpha value is -2.82. The van der Waals surface area contributed by atoms with Crippen LogP contribution in [0.15, 0.2) is 42.5 Å². The number of ether oxygens (including phenoxy) is 2. The van der Waals surface area contributed by atoms with Crippen LogP contribution in [-0.2, 0) is 9.53 Å². The molecule has 0 bridgehead atoms. The highest BCUT2D eigenvalue weighted by Gasteiger charge is 2.11. The molecule has 0 saturated carbocycles. The monoisotopic (exact) mass is 355 g/mol. The van der Waals surface area contributed by atoms with E-state index in [0.29, 0.717) is 29.5 Å². The lowest BCUT2D eigenvalue weighted by Crippen LogP contribution is -2.21. The molecule has 0 saturated heterocycles. The molecule has 0 atom stereocenters. The third-order valence-electron chi connectivity index (χ3n) is 3.51. The molecule has 0 spiro atoms. The molecule has 0 aliphatic rings. The highest BCUT2D eigenvalue weighted by molar-refractivity contribution is 5.95. The van der Waals surface area contributed by atoms with Gasteiger partial charge in [0.15, 0.2) is 6.61 Å². The Balaban J connectivity index is 1.84. The Labute approximate surface area is 154 Å². The van der Waals surface area contributed by atoms with Crippen LogP contribution in [0.25, 0.3) is 0 Å². The maximum absolute atomic E-state index is 12.0. The maximum Gasteiger partial charge on any atom is 0.338 e. The lowest BCUT2D eigenvalue weighted by molar-refractivity contribution is -0.119. The second-order valence-electron chi connectivity index (χ2n) is 6.73. The summed E-state index contributed by atoms with van der Waals surface area (Å²) in [5, 5.41) is 2.73. The third-order valence-corrected chi connectivity index (χ3v) is 3.51. The lowest BCUT2D eigenvalue weighted by atomic mass is 10.1. The molecule has 2 aromatic rings. The molecular weight excluding hydrogens is 330 g/mol. The van der Waals surface area contributed by atoms with Crippen LogP contribution >= 0.6 is 0 Å². The van der Waals surface area contributed by atoms with Crippen LogP contribution in [0.4, 0.5) is 5.69 Å². The number of hydrogen-bond donors (Lipinski definition) is 1. The number of rotatable bonds is 7. The molecule has 26 heavy (non-hydrogen) atoms.